The van der Waals surface area contributed by atoms with E-state index in [0.29, 0.717) is 0 Å². The minimum atomic E-state index is 0.849. The summed E-state index contributed by atoms with van der Waals surface area (Å²) in [6.45, 7) is 4.22. The van der Waals surface area contributed by atoms with Crippen LogP contribution in [0.4, 0.5) is 5.95 Å². The van der Waals surface area contributed by atoms with Crippen LogP contribution in [-0.4, -0.2) is 41.4 Å². The van der Waals surface area contributed by atoms with Crippen LogP contribution in [0.25, 0.3) is 0 Å². The summed E-state index contributed by atoms with van der Waals surface area (Å²) in [5, 5.41) is 10.9. The number of aromatic nitrogens is 3. The second kappa shape index (κ2) is 5.04. The number of anilines is 1. The topological polar surface area (TPSA) is 56.8 Å². The van der Waals surface area contributed by atoms with Gasteiger partial charge in [-0.25, -0.2) is 0 Å². The predicted molar refractivity (Wildman–Crippen MR) is 67.1 cm³/mol. The Balaban J connectivity index is 1.61. The summed E-state index contributed by atoms with van der Waals surface area (Å²) >= 11 is 0. The molecule has 1 aromatic heterocycles. The van der Waals surface area contributed by atoms with E-state index >= 15 is 0 Å². The van der Waals surface area contributed by atoms with E-state index in [1.54, 1.807) is 0 Å². The van der Waals surface area contributed by atoms with E-state index in [0.717, 1.165) is 50.3 Å². The first kappa shape index (κ1) is 11.0. The molecule has 1 saturated carbocycles. The van der Waals surface area contributed by atoms with Gasteiger partial charge < -0.3 is 10.2 Å². The summed E-state index contributed by atoms with van der Waals surface area (Å²) in [6.07, 6.45) is 6.38. The van der Waals surface area contributed by atoms with E-state index in [9.17, 15) is 0 Å². The largest absolute Gasteiger partial charge is 0.338 e. The van der Waals surface area contributed by atoms with Gasteiger partial charge in [-0.05, 0) is 18.9 Å². The highest BCUT2D eigenvalue weighted by molar-refractivity contribution is 5.28. The molecular formula is C12H21N5. The van der Waals surface area contributed by atoms with Crippen molar-refractivity contribution < 1.29 is 0 Å². The summed E-state index contributed by atoms with van der Waals surface area (Å²) in [5.41, 5.74) is 0. The van der Waals surface area contributed by atoms with Crippen molar-refractivity contribution >= 4 is 5.95 Å². The van der Waals surface area contributed by atoms with Crippen LogP contribution in [0.15, 0.2) is 0 Å². The van der Waals surface area contributed by atoms with Crippen LogP contribution >= 0.6 is 0 Å². The lowest BCUT2D eigenvalue weighted by Gasteiger charge is -2.23. The highest BCUT2D eigenvalue weighted by Crippen LogP contribution is 2.29. The van der Waals surface area contributed by atoms with Gasteiger partial charge in [-0.15, -0.1) is 5.10 Å². The molecule has 0 unspecified atom stereocenters. The monoisotopic (exact) mass is 235 g/mol. The van der Waals surface area contributed by atoms with Crippen molar-refractivity contribution in [1.82, 2.24) is 20.5 Å². The van der Waals surface area contributed by atoms with Crippen molar-refractivity contribution in [3.63, 3.8) is 0 Å². The minimum absolute atomic E-state index is 0.849. The van der Waals surface area contributed by atoms with Gasteiger partial charge in [-0.2, -0.15) is 4.98 Å². The number of nitrogens with one attached hydrogen (secondary N) is 2. The maximum atomic E-state index is 4.63. The average molecular weight is 235 g/mol. The van der Waals surface area contributed by atoms with E-state index in [1.165, 1.54) is 25.7 Å². The highest BCUT2D eigenvalue weighted by Gasteiger charge is 2.20. The first-order valence-corrected chi connectivity index (χ1v) is 6.79. The van der Waals surface area contributed by atoms with Crippen molar-refractivity contribution in [2.24, 2.45) is 5.92 Å². The molecule has 2 fully saturated rings. The van der Waals surface area contributed by atoms with Gasteiger partial charge in [0.1, 0.15) is 5.82 Å². The maximum Gasteiger partial charge on any atom is 0.244 e. The molecule has 5 nitrogen and oxygen atoms in total. The van der Waals surface area contributed by atoms with Crippen molar-refractivity contribution in [1.29, 1.82) is 0 Å². The summed E-state index contributed by atoms with van der Waals surface area (Å²) in [4.78, 5) is 6.91. The van der Waals surface area contributed by atoms with Crippen LogP contribution < -0.4 is 10.2 Å². The molecule has 0 radical (unpaired) electrons. The van der Waals surface area contributed by atoms with Crippen LogP contribution in [0, 0.1) is 5.92 Å². The van der Waals surface area contributed by atoms with Crippen LogP contribution in [0.3, 0.4) is 0 Å². The molecule has 1 saturated heterocycles. The smallest absolute Gasteiger partial charge is 0.244 e. The second-order valence-corrected chi connectivity index (χ2v) is 5.17. The van der Waals surface area contributed by atoms with Gasteiger partial charge in [0.2, 0.25) is 5.95 Å². The Hall–Kier alpha value is -1.10. The van der Waals surface area contributed by atoms with E-state index in [1.807, 2.05) is 0 Å². The van der Waals surface area contributed by atoms with Gasteiger partial charge in [0.25, 0.3) is 0 Å². The third-order valence-electron chi connectivity index (χ3n) is 3.85. The van der Waals surface area contributed by atoms with Gasteiger partial charge in [-0.3, -0.25) is 5.10 Å². The Kier molecular flexibility index (Phi) is 3.27. The number of nitrogens with zero attached hydrogens (tertiary/aromatic N) is 3. The van der Waals surface area contributed by atoms with E-state index in [-0.39, 0.29) is 0 Å². The normalized spacial score (nSPS) is 22.2. The van der Waals surface area contributed by atoms with E-state index in [4.69, 9.17) is 0 Å². The Morgan fingerprint density at radius 2 is 2.12 bits per heavy atom. The molecule has 0 atom stereocenters. The first-order chi connectivity index (χ1) is 8.42. The fraction of sp³-hybridized carbons (Fsp3) is 0.833. The summed E-state index contributed by atoms with van der Waals surface area (Å²) in [6, 6.07) is 0. The summed E-state index contributed by atoms with van der Waals surface area (Å²) in [7, 11) is 0. The number of aromatic amines is 1. The number of hydrogen-bond acceptors (Lipinski definition) is 4. The van der Waals surface area contributed by atoms with Crippen molar-refractivity contribution in [3.8, 4) is 0 Å². The zero-order valence-corrected chi connectivity index (χ0v) is 10.3. The summed E-state index contributed by atoms with van der Waals surface area (Å²) < 4.78 is 0. The molecule has 1 aliphatic carbocycles. The van der Waals surface area contributed by atoms with Crippen molar-refractivity contribution in [2.45, 2.75) is 32.1 Å². The van der Waals surface area contributed by atoms with Gasteiger partial charge in [0, 0.05) is 26.1 Å². The van der Waals surface area contributed by atoms with Gasteiger partial charge in [0.05, 0.1) is 0 Å². The molecule has 2 heterocycles. The zero-order valence-electron chi connectivity index (χ0n) is 10.3. The van der Waals surface area contributed by atoms with Crippen molar-refractivity contribution in [3.05, 3.63) is 5.82 Å². The van der Waals surface area contributed by atoms with Gasteiger partial charge in [-0.1, -0.05) is 19.3 Å². The number of hydrogen-bond donors (Lipinski definition) is 2. The lowest BCUT2D eigenvalue weighted by molar-refractivity contribution is 0.309. The quantitative estimate of drug-likeness (QED) is 0.819. The van der Waals surface area contributed by atoms with Crippen molar-refractivity contribution in [2.75, 3.05) is 31.1 Å². The Morgan fingerprint density at radius 3 is 2.94 bits per heavy atom. The van der Waals surface area contributed by atoms with Crippen LogP contribution in [0.2, 0.25) is 0 Å². The molecule has 0 amide bonds. The number of rotatable bonds is 3. The molecule has 2 aliphatic rings. The SMILES string of the molecule is C1CC(Cc2nc(N3CCCNCC3)n[nH]2)C1. The van der Waals surface area contributed by atoms with Crippen LogP contribution in [0.5, 0.6) is 0 Å². The first-order valence-electron chi connectivity index (χ1n) is 6.79. The van der Waals surface area contributed by atoms with E-state index < -0.39 is 0 Å². The molecule has 0 aromatic carbocycles. The average Bonchev–Trinajstić information content (AvgIpc) is 2.57. The Bertz CT molecular complexity index is 350. The lowest BCUT2D eigenvalue weighted by atomic mass is 9.83. The summed E-state index contributed by atoms with van der Waals surface area (Å²) in [5.74, 6) is 2.81. The Morgan fingerprint density at radius 1 is 1.18 bits per heavy atom. The zero-order chi connectivity index (χ0) is 11.5. The fourth-order valence-electron chi connectivity index (χ4n) is 2.53. The maximum absolute atomic E-state index is 4.63. The Labute approximate surface area is 102 Å². The van der Waals surface area contributed by atoms with Crippen LogP contribution in [0.1, 0.15) is 31.5 Å². The molecule has 3 rings (SSSR count). The molecule has 17 heavy (non-hydrogen) atoms. The molecule has 1 aromatic rings. The molecule has 94 valence electrons. The molecule has 1 aliphatic heterocycles. The molecule has 2 N–H and O–H groups in total. The number of H-pyrrole nitrogens is 1. The third-order valence-corrected chi connectivity index (χ3v) is 3.85. The molecule has 5 heteroatoms. The molecule has 0 spiro atoms. The van der Waals surface area contributed by atoms with Gasteiger partial charge >= 0.3 is 0 Å². The molecule has 0 bridgehead atoms. The standard InChI is InChI=1S/C12H21N5/c1-3-10(4-1)9-11-14-12(16-15-11)17-7-2-5-13-6-8-17/h10,13H,1-9H2,(H,14,15,16). The van der Waals surface area contributed by atoms with Crippen LogP contribution in [-0.2, 0) is 6.42 Å². The highest BCUT2D eigenvalue weighted by atomic mass is 15.4. The second-order valence-electron chi connectivity index (χ2n) is 5.17. The predicted octanol–water partition coefficient (Wildman–Crippen LogP) is 0.947. The lowest BCUT2D eigenvalue weighted by Crippen LogP contribution is -2.28. The molecular weight excluding hydrogens is 214 g/mol. The van der Waals surface area contributed by atoms with E-state index in [2.05, 4.69) is 25.4 Å². The van der Waals surface area contributed by atoms with Gasteiger partial charge in [0.15, 0.2) is 0 Å². The fourth-order valence-corrected chi connectivity index (χ4v) is 2.53. The minimum Gasteiger partial charge on any atom is -0.338 e. The third kappa shape index (κ3) is 2.60.